The number of pyridine rings is 1. The largest absolute Gasteiger partial charge is 0.465 e. The summed E-state index contributed by atoms with van der Waals surface area (Å²) in [6.07, 6.45) is 2.49. The SMILES string of the molecule is COC(=O)c1cc(C(C)NC=O)n2ccccc12. The van der Waals surface area contributed by atoms with Crippen molar-refractivity contribution in [3.63, 3.8) is 0 Å². The predicted octanol–water partition coefficient (Wildman–Crippen LogP) is 1.53. The molecule has 1 amide bonds. The third-order valence-electron chi connectivity index (χ3n) is 2.87. The fourth-order valence-corrected chi connectivity index (χ4v) is 1.97. The van der Waals surface area contributed by atoms with Crippen molar-refractivity contribution in [2.24, 2.45) is 0 Å². The summed E-state index contributed by atoms with van der Waals surface area (Å²) >= 11 is 0. The number of esters is 1. The number of fused-ring (bicyclic) bond motifs is 1. The number of hydrogen-bond donors (Lipinski definition) is 1. The molecule has 0 saturated carbocycles. The number of methoxy groups -OCH3 is 1. The van der Waals surface area contributed by atoms with Crippen LogP contribution in [0, 0.1) is 0 Å². The Hall–Kier alpha value is -2.30. The topological polar surface area (TPSA) is 59.8 Å². The number of nitrogens with one attached hydrogen (secondary N) is 1. The monoisotopic (exact) mass is 246 g/mol. The van der Waals surface area contributed by atoms with Gasteiger partial charge in [-0.1, -0.05) is 6.07 Å². The van der Waals surface area contributed by atoms with Crippen molar-refractivity contribution >= 4 is 17.9 Å². The van der Waals surface area contributed by atoms with Crippen LogP contribution in [0.3, 0.4) is 0 Å². The van der Waals surface area contributed by atoms with Crippen LogP contribution in [0.5, 0.6) is 0 Å². The Bertz CT molecular complexity index is 589. The second kappa shape index (κ2) is 4.91. The van der Waals surface area contributed by atoms with Crippen molar-refractivity contribution < 1.29 is 14.3 Å². The molecule has 0 aromatic carbocycles. The number of amides is 1. The standard InChI is InChI=1S/C13H14N2O3/c1-9(14-8-16)12-7-10(13(17)18-2)11-5-3-4-6-15(11)12/h3-9H,1-2H3,(H,14,16). The number of carbonyl (C=O) groups excluding carboxylic acids is 2. The lowest BCUT2D eigenvalue weighted by molar-refractivity contribution is -0.110. The molecule has 0 radical (unpaired) electrons. The molecule has 2 rings (SSSR count). The van der Waals surface area contributed by atoms with Crippen LogP contribution in [0.15, 0.2) is 30.5 Å². The van der Waals surface area contributed by atoms with E-state index in [0.717, 1.165) is 11.2 Å². The number of nitrogens with zero attached hydrogens (tertiary/aromatic N) is 1. The van der Waals surface area contributed by atoms with Crippen LogP contribution >= 0.6 is 0 Å². The molecule has 94 valence electrons. The molecule has 2 aromatic heterocycles. The van der Waals surface area contributed by atoms with Gasteiger partial charge in [-0.2, -0.15) is 0 Å². The van der Waals surface area contributed by atoms with E-state index in [2.05, 4.69) is 5.32 Å². The summed E-state index contributed by atoms with van der Waals surface area (Å²) in [4.78, 5) is 22.2. The van der Waals surface area contributed by atoms with E-state index in [9.17, 15) is 9.59 Å². The Morgan fingerprint density at radius 1 is 1.50 bits per heavy atom. The maximum Gasteiger partial charge on any atom is 0.340 e. The van der Waals surface area contributed by atoms with Gasteiger partial charge in [0.2, 0.25) is 6.41 Å². The van der Waals surface area contributed by atoms with E-state index in [1.807, 2.05) is 35.7 Å². The zero-order chi connectivity index (χ0) is 13.1. The number of rotatable bonds is 4. The minimum atomic E-state index is -0.386. The molecule has 0 fully saturated rings. The average molecular weight is 246 g/mol. The van der Waals surface area contributed by atoms with Crippen LogP contribution < -0.4 is 5.32 Å². The predicted molar refractivity (Wildman–Crippen MR) is 66.4 cm³/mol. The first-order chi connectivity index (χ1) is 8.69. The highest BCUT2D eigenvalue weighted by atomic mass is 16.5. The minimum absolute atomic E-state index is 0.184. The maximum absolute atomic E-state index is 11.7. The van der Waals surface area contributed by atoms with Crippen LogP contribution in [0.1, 0.15) is 29.0 Å². The molecule has 1 N–H and O–H groups in total. The van der Waals surface area contributed by atoms with Gasteiger partial charge in [-0.15, -0.1) is 0 Å². The molecule has 1 atom stereocenters. The fraction of sp³-hybridized carbons (Fsp3) is 0.231. The third-order valence-corrected chi connectivity index (χ3v) is 2.87. The van der Waals surface area contributed by atoms with Crippen molar-refractivity contribution in [1.82, 2.24) is 9.72 Å². The highest BCUT2D eigenvalue weighted by Crippen LogP contribution is 2.22. The molecule has 1 unspecified atom stereocenters. The van der Waals surface area contributed by atoms with Gasteiger partial charge in [0.1, 0.15) is 0 Å². The minimum Gasteiger partial charge on any atom is -0.465 e. The summed E-state index contributed by atoms with van der Waals surface area (Å²) in [5.74, 6) is -0.386. The average Bonchev–Trinajstić information content (AvgIpc) is 2.78. The van der Waals surface area contributed by atoms with Crippen LogP contribution in [0.2, 0.25) is 0 Å². The van der Waals surface area contributed by atoms with E-state index in [-0.39, 0.29) is 12.0 Å². The summed E-state index contributed by atoms with van der Waals surface area (Å²) in [5.41, 5.74) is 2.09. The van der Waals surface area contributed by atoms with Crippen LogP contribution in [-0.2, 0) is 9.53 Å². The summed E-state index contributed by atoms with van der Waals surface area (Å²) in [6, 6.07) is 7.11. The highest BCUT2D eigenvalue weighted by molar-refractivity contribution is 5.97. The number of carbonyl (C=O) groups is 2. The molecule has 0 aliphatic heterocycles. The summed E-state index contributed by atoms with van der Waals surface area (Å²) in [6.45, 7) is 1.85. The van der Waals surface area contributed by atoms with E-state index in [0.29, 0.717) is 12.0 Å². The molecule has 2 heterocycles. The van der Waals surface area contributed by atoms with Crippen LogP contribution in [-0.4, -0.2) is 23.9 Å². The highest BCUT2D eigenvalue weighted by Gasteiger charge is 2.18. The fourth-order valence-electron chi connectivity index (χ4n) is 1.97. The van der Waals surface area contributed by atoms with Crippen molar-refractivity contribution in [2.45, 2.75) is 13.0 Å². The molecule has 0 bridgehead atoms. The van der Waals surface area contributed by atoms with Gasteiger partial charge in [0.15, 0.2) is 0 Å². The van der Waals surface area contributed by atoms with Gasteiger partial charge in [0, 0.05) is 11.9 Å². The lowest BCUT2D eigenvalue weighted by Crippen LogP contribution is -2.17. The maximum atomic E-state index is 11.7. The van der Waals surface area contributed by atoms with E-state index in [1.54, 1.807) is 6.07 Å². The van der Waals surface area contributed by atoms with Crippen LogP contribution in [0.25, 0.3) is 5.52 Å². The Labute approximate surface area is 104 Å². The van der Waals surface area contributed by atoms with Crippen LogP contribution in [0.4, 0.5) is 0 Å². The Balaban J connectivity index is 2.60. The zero-order valence-electron chi connectivity index (χ0n) is 10.2. The molecule has 0 aliphatic carbocycles. The Morgan fingerprint density at radius 3 is 2.94 bits per heavy atom. The van der Waals surface area contributed by atoms with Gasteiger partial charge >= 0.3 is 5.97 Å². The van der Waals surface area contributed by atoms with E-state index in [1.165, 1.54) is 7.11 Å². The second-order valence-corrected chi connectivity index (χ2v) is 3.94. The number of ether oxygens (including phenoxy) is 1. The van der Waals surface area contributed by atoms with E-state index < -0.39 is 0 Å². The Kier molecular flexibility index (Phi) is 3.32. The first-order valence-corrected chi connectivity index (χ1v) is 5.57. The van der Waals surface area contributed by atoms with E-state index >= 15 is 0 Å². The van der Waals surface area contributed by atoms with Crippen molar-refractivity contribution in [2.75, 3.05) is 7.11 Å². The molecule has 0 aliphatic rings. The van der Waals surface area contributed by atoms with Gasteiger partial charge in [-0.25, -0.2) is 4.79 Å². The smallest absolute Gasteiger partial charge is 0.340 e. The molecular weight excluding hydrogens is 232 g/mol. The molecular formula is C13H14N2O3. The second-order valence-electron chi connectivity index (χ2n) is 3.94. The normalized spacial score (nSPS) is 12.1. The van der Waals surface area contributed by atoms with Crippen molar-refractivity contribution in [3.8, 4) is 0 Å². The third kappa shape index (κ3) is 1.95. The summed E-state index contributed by atoms with van der Waals surface area (Å²) in [7, 11) is 1.35. The molecule has 5 heteroatoms. The molecule has 2 aromatic rings. The van der Waals surface area contributed by atoms with E-state index in [4.69, 9.17) is 4.74 Å². The van der Waals surface area contributed by atoms with Crippen molar-refractivity contribution in [3.05, 3.63) is 41.7 Å². The van der Waals surface area contributed by atoms with Gasteiger partial charge in [0.05, 0.1) is 24.2 Å². The van der Waals surface area contributed by atoms with Gasteiger partial charge < -0.3 is 14.5 Å². The van der Waals surface area contributed by atoms with Gasteiger partial charge in [-0.3, -0.25) is 4.79 Å². The summed E-state index contributed by atoms with van der Waals surface area (Å²) in [5, 5.41) is 2.67. The lowest BCUT2D eigenvalue weighted by Gasteiger charge is -2.10. The number of hydrogen-bond acceptors (Lipinski definition) is 3. The number of aromatic nitrogens is 1. The zero-order valence-corrected chi connectivity index (χ0v) is 10.2. The van der Waals surface area contributed by atoms with Crippen molar-refractivity contribution in [1.29, 1.82) is 0 Å². The quantitative estimate of drug-likeness (QED) is 0.657. The lowest BCUT2D eigenvalue weighted by atomic mass is 10.2. The molecule has 5 nitrogen and oxygen atoms in total. The molecule has 18 heavy (non-hydrogen) atoms. The summed E-state index contributed by atoms with van der Waals surface area (Å²) < 4.78 is 6.62. The first kappa shape index (κ1) is 12.2. The van der Waals surface area contributed by atoms with Gasteiger partial charge in [0.25, 0.3) is 0 Å². The van der Waals surface area contributed by atoms with Gasteiger partial charge in [-0.05, 0) is 25.1 Å². The molecule has 0 saturated heterocycles. The Morgan fingerprint density at radius 2 is 2.28 bits per heavy atom. The first-order valence-electron chi connectivity index (χ1n) is 5.57. The molecule has 0 spiro atoms.